The summed E-state index contributed by atoms with van der Waals surface area (Å²) in [7, 11) is -3.71. The van der Waals surface area contributed by atoms with E-state index in [1.54, 1.807) is 60.9 Å². The van der Waals surface area contributed by atoms with Gasteiger partial charge in [-0.25, -0.2) is 8.42 Å². The summed E-state index contributed by atoms with van der Waals surface area (Å²) in [5.41, 5.74) is 2.43. The van der Waals surface area contributed by atoms with Crippen LogP contribution in [0.25, 0.3) is 0 Å². The van der Waals surface area contributed by atoms with Crippen LogP contribution in [0.15, 0.2) is 78.0 Å². The molecular weight excluding hydrogens is 386 g/mol. The monoisotopic (exact) mass is 409 g/mol. The van der Waals surface area contributed by atoms with Crippen molar-refractivity contribution in [2.24, 2.45) is 0 Å². The third-order valence-electron chi connectivity index (χ3n) is 4.37. The van der Waals surface area contributed by atoms with Crippen LogP contribution in [0.5, 0.6) is 0 Å². The Kier molecular flexibility index (Phi) is 5.70. The highest BCUT2D eigenvalue weighted by molar-refractivity contribution is 7.92. The van der Waals surface area contributed by atoms with Gasteiger partial charge in [-0.15, -0.1) is 0 Å². The zero-order valence-corrected chi connectivity index (χ0v) is 17.3. The van der Waals surface area contributed by atoms with Crippen molar-refractivity contribution in [1.82, 2.24) is 4.98 Å². The van der Waals surface area contributed by atoms with Gasteiger partial charge in [0, 0.05) is 29.3 Å². The number of rotatable bonds is 5. The van der Waals surface area contributed by atoms with E-state index < -0.39 is 10.0 Å². The van der Waals surface area contributed by atoms with Gasteiger partial charge in [-0.3, -0.25) is 14.5 Å². The molecule has 0 saturated heterocycles. The predicted octanol–water partition coefficient (Wildman–Crippen LogP) is 4.43. The van der Waals surface area contributed by atoms with Crippen LogP contribution in [0.4, 0.5) is 11.4 Å². The molecule has 0 radical (unpaired) electrons. The number of carbonyl (C=O) groups is 1. The van der Waals surface area contributed by atoms with Crippen molar-refractivity contribution < 1.29 is 13.2 Å². The molecule has 0 unspecified atom stereocenters. The molecule has 1 aromatic heterocycles. The van der Waals surface area contributed by atoms with Crippen molar-refractivity contribution >= 4 is 27.3 Å². The number of pyridine rings is 1. The van der Waals surface area contributed by atoms with Gasteiger partial charge in [-0.2, -0.15) is 0 Å². The molecule has 0 saturated carbocycles. The Bertz CT molecular complexity index is 1090. The second kappa shape index (κ2) is 8.05. The van der Waals surface area contributed by atoms with E-state index in [0.717, 1.165) is 5.56 Å². The van der Waals surface area contributed by atoms with Gasteiger partial charge >= 0.3 is 0 Å². The number of amides is 1. The third-order valence-corrected chi connectivity index (χ3v) is 5.77. The van der Waals surface area contributed by atoms with Crippen LogP contribution in [0, 0.1) is 0 Å². The van der Waals surface area contributed by atoms with Gasteiger partial charge in [0.1, 0.15) is 0 Å². The first-order chi connectivity index (χ1) is 13.6. The Morgan fingerprint density at radius 3 is 1.97 bits per heavy atom. The molecule has 2 aromatic carbocycles. The van der Waals surface area contributed by atoms with Crippen LogP contribution in [0.3, 0.4) is 0 Å². The first-order valence-corrected chi connectivity index (χ1v) is 10.6. The average molecular weight is 410 g/mol. The maximum atomic E-state index is 12.6. The lowest BCUT2D eigenvalue weighted by Crippen LogP contribution is -2.15. The third kappa shape index (κ3) is 5.20. The lowest BCUT2D eigenvalue weighted by atomic mass is 9.87. The van der Waals surface area contributed by atoms with Gasteiger partial charge in [-0.05, 0) is 59.5 Å². The lowest BCUT2D eigenvalue weighted by Gasteiger charge is -2.19. The zero-order chi connectivity index (χ0) is 21.1. The summed E-state index contributed by atoms with van der Waals surface area (Å²) in [6, 6.07) is 16.5. The Morgan fingerprint density at radius 2 is 1.41 bits per heavy atom. The van der Waals surface area contributed by atoms with Crippen LogP contribution in [0.1, 0.15) is 36.7 Å². The summed E-state index contributed by atoms with van der Waals surface area (Å²) in [4.78, 5) is 16.4. The van der Waals surface area contributed by atoms with E-state index in [1.807, 2.05) is 12.1 Å². The van der Waals surface area contributed by atoms with Crippen LogP contribution < -0.4 is 10.0 Å². The van der Waals surface area contributed by atoms with Crippen LogP contribution in [-0.4, -0.2) is 19.3 Å². The van der Waals surface area contributed by atoms with E-state index in [4.69, 9.17) is 0 Å². The number of anilines is 2. The van der Waals surface area contributed by atoms with Crippen LogP contribution >= 0.6 is 0 Å². The number of benzene rings is 2. The highest BCUT2D eigenvalue weighted by Crippen LogP contribution is 2.24. The van der Waals surface area contributed by atoms with Crippen molar-refractivity contribution in [3.63, 3.8) is 0 Å². The fourth-order valence-electron chi connectivity index (χ4n) is 2.68. The highest BCUT2D eigenvalue weighted by atomic mass is 32.2. The van der Waals surface area contributed by atoms with Crippen LogP contribution in [-0.2, 0) is 15.4 Å². The number of hydrogen-bond donors (Lipinski definition) is 2. The largest absolute Gasteiger partial charge is 0.322 e. The number of nitrogens with zero attached hydrogens (tertiary/aromatic N) is 1. The van der Waals surface area contributed by atoms with E-state index in [9.17, 15) is 13.2 Å². The Labute approximate surface area is 171 Å². The average Bonchev–Trinajstić information content (AvgIpc) is 2.68. The van der Waals surface area contributed by atoms with E-state index in [1.165, 1.54) is 0 Å². The summed E-state index contributed by atoms with van der Waals surface area (Å²) in [6.07, 6.45) is 3.17. The highest BCUT2D eigenvalue weighted by Gasteiger charge is 2.18. The summed E-state index contributed by atoms with van der Waals surface area (Å²) in [6.45, 7) is 6.21. The molecule has 3 aromatic rings. The molecule has 0 spiro atoms. The van der Waals surface area contributed by atoms with Crippen molar-refractivity contribution in [2.75, 3.05) is 10.0 Å². The first kappa shape index (κ1) is 20.5. The fourth-order valence-corrected chi connectivity index (χ4v) is 3.73. The van der Waals surface area contributed by atoms with E-state index in [-0.39, 0.29) is 16.2 Å². The van der Waals surface area contributed by atoms with Crippen molar-refractivity contribution in [1.29, 1.82) is 0 Å². The van der Waals surface area contributed by atoms with Gasteiger partial charge < -0.3 is 5.32 Å². The molecule has 0 aliphatic carbocycles. The molecular formula is C22H23N3O3S. The van der Waals surface area contributed by atoms with Crippen molar-refractivity contribution in [3.05, 3.63) is 84.2 Å². The fraction of sp³-hybridized carbons (Fsp3) is 0.182. The summed E-state index contributed by atoms with van der Waals surface area (Å²) < 4.78 is 27.8. The Hall–Kier alpha value is -3.19. The van der Waals surface area contributed by atoms with E-state index in [2.05, 4.69) is 35.8 Å². The number of hydrogen-bond acceptors (Lipinski definition) is 4. The van der Waals surface area contributed by atoms with Gasteiger partial charge in [0.15, 0.2) is 0 Å². The number of carbonyl (C=O) groups excluding carboxylic acids is 1. The molecule has 0 aliphatic heterocycles. The second-order valence-corrected chi connectivity index (χ2v) is 9.33. The number of aromatic nitrogens is 1. The SMILES string of the molecule is CC(C)(C)c1ccc(S(=O)(=O)Nc2ccc(C(=O)Nc3ccncc3)cc2)cc1. The van der Waals surface area contributed by atoms with Gasteiger partial charge in [-0.1, -0.05) is 32.9 Å². The zero-order valence-electron chi connectivity index (χ0n) is 16.5. The second-order valence-electron chi connectivity index (χ2n) is 7.65. The summed E-state index contributed by atoms with van der Waals surface area (Å²) in [5.74, 6) is -0.289. The minimum absolute atomic E-state index is 0.0532. The first-order valence-electron chi connectivity index (χ1n) is 9.10. The maximum absolute atomic E-state index is 12.6. The Morgan fingerprint density at radius 1 is 0.828 bits per heavy atom. The molecule has 150 valence electrons. The molecule has 1 heterocycles. The molecule has 0 atom stereocenters. The standard InChI is InChI=1S/C22H23N3O3S/c1-22(2,3)17-6-10-20(11-7-17)29(27,28)25-19-8-4-16(5-9-19)21(26)24-18-12-14-23-15-13-18/h4-15,25H,1-3H3,(H,23,24,26). The molecule has 29 heavy (non-hydrogen) atoms. The molecule has 7 heteroatoms. The summed E-state index contributed by atoms with van der Waals surface area (Å²) in [5, 5.41) is 2.75. The minimum atomic E-state index is -3.71. The Balaban J connectivity index is 1.70. The molecule has 3 rings (SSSR count). The number of sulfonamides is 1. The molecule has 0 bridgehead atoms. The summed E-state index contributed by atoms with van der Waals surface area (Å²) >= 11 is 0. The van der Waals surface area contributed by atoms with Gasteiger partial charge in [0.2, 0.25) is 0 Å². The maximum Gasteiger partial charge on any atom is 0.261 e. The van der Waals surface area contributed by atoms with Crippen LogP contribution in [0.2, 0.25) is 0 Å². The number of nitrogens with one attached hydrogen (secondary N) is 2. The molecule has 2 N–H and O–H groups in total. The topological polar surface area (TPSA) is 88.2 Å². The lowest BCUT2D eigenvalue weighted by molar-refractivity contribution is 0.102. The molecule has 0 fully saturated rings. The van der Waals surface area contributed by atoms with E-state index >= 15 is 0 Å². The molecule has 6 nitrogen and oxygen atoms in total. The normalized spacial score (nSPS) is 11.7. The van der Waals surface area contributed by atoms with Gasteiger partial charge in [0.25, 0.3) is 15.9 Å². The molecule has 0 aliphatic rings. The smallest absolute Gasteiger partial charge is 0.261 e. The van der Waals surface area contributed by atoms with Gasteiger partial charge in [0.05, 0.1) is 4.90 Å². The van der Waals surface area contributed by atoms with Crippen molar-refractivity contribution in [2.45, 2.75) is 31.1 Å². The predicted molar refractivity (Wildman–Crippen MR) is 115 cm³/mol. The quantitative estimate of drug-likeness (QED) is 0.652. The molecule has 1 amide bonds. The minimum Gasteiger partial charge on any atom is -0.322 e. The van der Waals surface area contributed by atoms with Crippen molar-refractivity contribution in [3.8, 4) is 0 Å². The van der Waals surface area contributed by atoms with E-state index in [0.29, 0.717) is 16.9 Å².